The van der Waals surface area contributed by atoms with Crippen LogP contribution in [0.4, 0.5) is 0 Å². The first-order valence-electron chi connectivity index (χ1n) is 8.99. The molecule has 2 aliphatic rings. The lowest BCUT2D eigenvalue weighted by Gasteiger charge is -2.32. The molecule has 1 aromatic carbocycles. The van der Waals surface area contributed by atoms with Gasteiger partial charge in [-0.2, -0.15) is 0 Å². The van der Waals surface area contributed by atoms with Crippen LogP contribution < -0.4 is 9.47 Å². The van der Waals surface area contributed by atoms with Gasteiger partial charge in [-0.05, 0) is 62.4 Å². The van der Waals surface area contributed by atoms with Crippen molar-refractivity contribution in [1.29, 1.82) is 0 Å². The van der Waals surface area contributed by atoms with E-state index in [0.29, 0.717) is 11.9 Å². The summed E-state index contributed by atoms with van der Waals surface area (Å²) in [6, 6.07) is 10.2. The molecule has 5 heteroatoms. The zero-order valence-electron chi connectivity index (χ0n) is 14.3. The van der Waals surface area contributed by atoms with Gasteiger partial charge in [-0.1, -0.05) is 29.8 Å². The largest absolute Gasteiger partial charge is 0.454 e. The molecule has 0 aliphatic carbocycles. The van der Waals surface area contributed by atoms with Crippen LogP contribution in [0.15, 0.2) is 36.5 Å². The van der Waals surface area contributed by atoms with Crippen LogP contribution in [0.5, 0.6) is 11.5 Å². The number of likely N-dealkylation sites (tertiary alicyclic amines) is 1. The molecule has 0 unspecified atom stereocenters. The molecule has 4 rings (SSSR count). The molecular formula is C20H23ClN2O2. The Bertz CT molecular complexity index is 729. The highest BCUT2D eigenvalue weighted by atomic mass is 35.5. The Kier molecular flexibility index (Phi) is 5.09. The number of fused-ring (bicyclic) bond motifs is 1. The zero-order chi connectivity index (χ0) is 17.1. The monoisotopic (exact) mass is 358 g/mol. The molecule has 0 amide bonds. The Hall–Kier alpha value is -1.78. The maximum atomic E-state index is 6.18. The summed E-state index contributed by atoms with van der Waals surface area (Å²) < 4.78 is 11.1. The SMILES string of the molecule is Clc1ncccc1CN1CCC(CCc2cccc3c2OCO3)CC1. The third-order valence-electron chi connectivity index (χ3n) is 5.24. The lowest BCUT2D eigenvalue weighted by atomic mass is 9.90. The third-order valence-corrected chi connectivity index (χ3v) is 5.58. The molecule has 0 N–H and O–H groups in total. The van der Waals surface area contributed by atoms with E-state index in [4.69, 9.17) is 21.1 Å². The predicted octanol–water partition coefficient (Wildman–Crippen LogP) is 4.31. The van der Waals surface area contributed by atoms with Crippen molar-refractivity contribution >= 4 is 11.6 Å². The molecule has 2 aliphatic heterocycles. The van der Waals surface area contributed by atoms with Crippen LogP contribution in [0.1, 0.15) is 30.4 Å². The highest BCUT2D eigenvalue weighted by Crippen LogP contribution is 2.36. The van der Waals surface area contributed by atoms with Gasteiger partial charge >= 0.3 is 0 Å². The van der Waals surface area contributed by atoms with Gasteiger partial charge in [0, 0.05) is 18.3 Å². The molecular weight excluding hydrogens is 336 g/mol. The minimum absolute atomic E-state index is 0.349. The molecule has 3 heterocycles. The average Bonchev–Trinajstić information content (AvgIpc) is 3.12. The summed E-state index contributed by atoms with van der Waals surface area (Å²) in [6.07, 6.45) is 6.49. The van der Waals surface area contributed by atoms with Crippen molar-refractivity contribution in [1.82, 2.24) is 9.88 Å². The van der Waals surface area contributed by atoms with Gasteiger partial charge in [0.05, 0.1) is 0 Å². The minimum atomic E-state index is 0.349. The van der Waals surface area contributed by atoms with E-state index in [2.05, 4.69) is 28.1 Å². The van der Waals surface area contributed by atoms with E-state index in [1.807, 2.05) is 12.1 Å². The number of aromatic nitrogens is 1. The van der Waals surface area contributed by atoms with Gasteiger partial charge in [0.25, 0.3) is 0 Å². The molecule has 0 bridgehead atoms. The van der Waals surface area contributed by atoms with E-state index in [9.17, 15) is 0 Å². The van der Waals surface area contributed by atoms with Gasteiger partial charge in [0.1, 0.15) is 5.15 Å². The second-order valence-corrected chi connectivity index (χ2v) is 7.22. The number of pyridine rings is 1. The molecule has 1 saturated heterocycles. The second-order valence-electron chi connectivity index (χ2n) is 6.86. The first-order valence-corrected chi connectivity index (χ1v) is 9.36. The first kappa shape index (κ1) is 16.7. The standard InChI is InChI=1S/C20H23ClN2O2/c21-20-17(4-2-10-22-20)13-23-11-8-15(9-12-23)6-7-16-3-1-5-18-19(16)25-14-24-18/h1-5,10,15H,6-9,11-14H2. The third kappa shape index (κ3) is 3.91. The average molecular weight is 359 g/mol. The maximum absolute atomic E-state index is 6.18. The summed E-state index contributed by atoms with van der Waals surface area (Å²) in [5.74, 6) is 2.62. The second kappa shape index (κ2) is 7.63. The van der Waals surface area contributed by atoms with E-state index in [1.165, 1.54) is 24.8 Å². The number of hydrogen-bond acceptors (Lipinski definition) is 4. The van der Waals surface area contributed by atoms with E-state index < -0.39 is 0 Å². The predicted molar refractivity (Wildman–Crippen MR) is 98.1 cm³/mol. The minimum Gasteiger partial charge on any atom is -0.454 e. The maximum Gasteiger partial charge on any atom is 0.231 e. The van der Waals surface area contributed by atoms with E-state index in [1.54, 1.807) is 6.20 Å². The van der Waals surface area contributed by atoms with Gasteiger partial charge in [0.2, 0.25) is 6.79 Å². The van der Waals surface area contributed by atoms with Crippen LogP contribution >= 0.6 is 11.6 Å². The van der Waals surface area contributed by atoms with Crippen LogP contribution in [-0.2, 0) is 13.0 Å². The quantitative estimate of drug-likeness (QED) is 0.746. The Labute approximate surface area is 153 Å². The van der Waals surface area contributed by atoms with Crippen molar-refractivity contribution in [3.63, 3.8) is 0 Å². The fraction of sp³-hybridized carbons (Fsp3) is 0.450. The summed E-state index contributed by atoms with van der Waals surface area (Å²) in [7, 11) is 0. The molecule has 0 atom stereocenters. The summed E-state index contributed by atoms with van der Waals surface area (Å²) in [5.41, 5.74) is 2.40. The molecule has 0 radical (unpaired) electrons. The van der Waals surface area contributed by atoms with Crippen molar-refractivity contribution in [3.8, 4) is 11.5 Å². The number of ether oxygens (including phenoxy) is 2. The molecule has 0 saturated carbocycles. The van der Waals surface area contributed by atoms with E-state index in [-0.39, 0.29) is 0 Å². The number of rotatable bonds is 5. The first-order chi connectivity index (χ1) is 12.3. The summed E-state index contributed by atoms with van der Waals surface area (Å²) in [6.45, 7) is 3.50. The highest BCUT2D eigenvalue weighted by Gasteiger charge is 2.22. The van der Waals surface area contributed by atoms with Crippen molar-refractivity contribution in [2.75, 3.05) is 19.9 Å². The summed E-state index contributed by atoms with van der Waals surface area (Å²) in [5, 5.41) is 0.629. The Morgan fingerprint density at radius 3 is 2.76 bits per heavy atom. The van der Waals surface area contributed by atoms with Gasteiger partial charge in [-0.3, -0.25) is 4.90 Å². The van der Waals surface area contributed by atoms with Crippen LogP contribution in [0.25, 0.3) is 0 Å². The molecule has 132 valence electrons. The van der Waals surface area contributed by atoms with Gasteiger partial charge in [-0.25, -0.2) is 4.98 Å². The number of benzene rings is 1. The fourth-order valence-electron chi connectivity index (χ4n) is 3.76. The normalized spacial score (nSPS) is 17.8. The molecule has 0 spiro atoms. The fourth-order valence-corrected chi connectivity index (χ4v) is 3.94. The smallest absolute Gasteiger partial charge is 0.231 e. The summed E-state index contributed by atoms with van der Waals surface area (Å²) in [4.78, 5) is 6.65. The number of para-hydroxylation sites is 1. The van der Waals surface area contributed by atoms with Crippen molar-refractivity contribution in [2.24, 2.45) is 5.92 Å². The molecule has 1 fully saturated rings. The zero-order valence-corrected chi connectivity index (χ0v) is 15.0. The summed E-state index contributed by atoms with van der Waals surface area (Å²) >= 11 is 6.18. The number of halogens is 1. The van der Waals surface area contributed by atoms with Crippen LogP contribution in [-0.4, -0.2) is 29.8 Å². The molecule has 4 nitrogen and oxygen atoms in total. The number of hydrogen-bond donors (Lipinski definition) is 0. The van der Waals surface area contributed by atoms with Crippen LogP contribution in [0.2, 0.25) is 5.15 Å². The topological polar surface area (TPSA) is 34.6 Å². The van der Waals surface area contributed by atoms with Crippen molar-refractivity contribution < 1.29 is 9.47 Å². The highest BCUT2D eigenvalue weighted by molar-refractivity contribution is 6.30. The van der Waals surface area contributed by atoms with Gasteiger partial charge < -0.3 is 9.47 Å². The van der Waals surface area contributed by atoms with Crippen LogP contribution in [0.3, 0.4) is 0 Å². The Morgan fingerprint density at radius 1 is 1.08 bits per heavy atom. The van der Waals surface area contributed by atoms with E-state index >= 15 is 0 Å². The number of nitrogens with zero attached hydrogens (tertiary/aromatic N) is 2. The van der Waals surface area contributed by atoms with Gasteiger partial charge in [0.15, 0.2) is 11.5 Å². The molecule has 2 aromatic rings. The van der Waals surface area contributed by atoms with E-state index in [0.717, 1.165) is 49.0 Å². The molecule has 1 aromatic heterocycles. The number of aryl methyl sites for hydroxylation is 1. The lowest BCUT2D eigenvalue weighted by Crippen LogP contribution is -2.33. The van der Waals surface area contributed by atoms with Gasteiger partial charge in [-0.15, -0.1) is 0 Å². The Balaban J connectivity index is 1.27. The number of piperidine rings is 1. The molecule has 25 heavy (non-hydrogen) atoms. The van der Waals surface area contributed by atoms with Crippen molar-refractivity contribution in [3.05, 3.63) is 52.8 Å². The lowest BCUT2D eigenvalue weighted by molar-refractivity contribution is 0.169. The Morgan fingerprint density at radius 2 is 1.92 bits per heavy atom. The van der Waals surface area contributed by atoms with Crippen molar-refractivity contribution in [2.45, 2.75) is 32.2 Å². The van der Waals surface area contributed by atoms with Crippen LogP contribution in [0, 0.1) is 5.92 Å².